The third-order valence-corrected chi connectivity index (χ3v) is 3.28. The monoisotopic (exact) mass is 286 g/mol. The first-order valence-corrected chi connectivity index (χ1v) is 6.94. The Morgan fingerprint density at radius 1 is 1.50 bits per heavy atom. The molecule has 2 N–H and O–H groups in total. The van der Waals surface area contributed by atoms with E-state index < -0.39 is 0 Å². The molecule has 1 aromatic carbocycles. The minimum Gasteiger partial charge on any atom is -0.395 e. The van der Waals surface area contributed by atoms with E-state index in [1.165, 1.54) is 11.3 Å². The molecule has 0 aliphatic heterocycles. The number of aryl methyl sites for hydroxylation is 1. The molecule has 2 aromatic rings. The Hall–Kier alpha value is -2.16. The summed E-state index contributed by atoms with van der Waals surface area (Å²) in [5, 5.41) is 11.9. The van der Waals surface area contributed by atoms with Gasteiger partial charge in [0.1, 0.15) is 0 Å². The van der Waals surface area contributed by atoms with Crippen LogP contribution in [-0.4, -0.2) is 22.6 Å². The average molecular weight is 286 g/mol. The second-order valence-electron chi connectivity index (χ2n) is 4.13. The third-order valence-electron chi connectivity index (χ3n) is 2.45. The van der Waals surface area contributed by atoms with Gasteiger partial charge in [-0.2, -0.15) is 0 Å². The van der Waals surface area contributed by atoms with E-state index >= 15 is 0 Å². The average Bonchev–Trinajstić information content (AvgIpc) is 2.86. The summed E-state index contributed by atoms with van der Waals surface area (Å²) in [7, 11) is 0. The van der Waals surface area contributed by atoms with Gasteiger partial charge in [0, 0.05) is 12.0 Å². The Bertz CT molecular complexity index is 668. The van der Waals surface area contributed by atoms with Crippen molar-refractivity contribution in [1.29, 1.82) is 0 Å². The molecule has 0 radical (unpaired) electrons. The van der Waals surface area contributed by atoms with Gasteiger partial charge in [-0.15, -0.1) is 0 Å². The Balaban J connectivity index is 2.04. The predicted molar refractivity (Wildman–Crippen MR) is 79.8 cm³/mol. The van der Waals surface area contributed by atoms with Crippen LogP contribution in [0.15, 0.2) is 30.5 Å². The van der Waals surface area contributed by atoms with Gasteiger partial charge in [0.15, 0.2) is 5.13 Å². The number of aromatic nitrogens is 1. The van der Waals surface area contributed by atoms with Gasteiger partial charge in [-0.05, 0) is 19.1 Å². The van der Waals surface area contributed by atoms with E-state index in [-0.39, 0.29) is 12.5 Å². The minimum absolute atomic E-state index is 0.0444. The number of nitrogens with zero attached hydrogens (tertiary/aromatic N) is 1. The summed E-state index contributed by atoms with van der Waals surface area (Å²) in [5.74, 6) is 5.52. The number of hydrogen-bond donors (Lipinski definition) is 2. The van der Waals surface area contributed by atoms with Crippen molar-refractivity contribution in [2.45, 2.75) is 13.3 Å². The number of benzene rings is 1. The van der Waals surface area contributed by atoms with Crippen molar-refractivity contribution in [3.05, 3.63) is 46.5 Å². The van der Waals surface area contributed by atoms with Crippen molar-refractivity contribution < 1.29 is 9.90 Å². The van der Waals surface area contributed by atoms with Gasteiger partial charge in [0.2, 0.25) is 0 Å². The molecule has 2 rings (SSSR count). The quantitative estimate of drug-likeness (QED) is 0.852. The molecule has 0 atom stereocenters. The van der Waals surface area contributed by atoms with E-state index in [0.717, 1.165) is 10.4 Å². The van der Waals surface area contributed by atoms with Gasteiger partial charge < -0.3 is 5.11 Å². The molecule has 1 heterocycles. The molecule has 0 aliphatic carbocycles. The highest BCUT2D eigenvalue weighted by atomic mass is 32.1. The maximum absolute atomic E-state index is 12.0. The lowest BCUT2D eigenvalue weighted by atomic mass is 10.1. The van der Waals surface area contributed by atoms with E-state index in [2.05, 4.69) is 22.1 Å². The van der Waals surface area contributed by atoms with Crippen LogP contribution in [0, 0.1) is 18.8 Å². The Labute approximate surface area is 121 Å². The van der Waals surface area contributed by atoms with E-state index in [1.54, 1.807) is 12.3 Å². The topological polar surface area (TPSA) is 62.2 Å². The van der Waals surface area contributed by atoms with E-state index in [9.17, 15) is 4.79 Å². The van der Waals surface area contributed by atoms with Crippen molar-refractivity contribution in [2.24, 2.45) is 0 Å². The van der Waals surface area contributed by atoms with E-state index in [4.69, 9.17) is 5.11 Å². The van der Waals surface area contributed by atoms with Crippen LogP contribution in [0.1, 0.15) is 27.2 Å². The van der Waals surface area contributed by atoms with Crippen molar-refractivity contribution in [2.75, 3.05) is 11.9 Å². The Kier molecular flexibility index (Phi) is 4.88. The van der Waals surface area contributed by atoms with Crippen LogP contribution in [-0.2, 0) is 0 Å². The zero-order valence-electron chi connectivity index (χ0n) is 11.0. The number of amides is 1. The number of aliphatic hydroxyl groups is 1. The number of carbonyl (C=O) groups is 1. The summed E-state index contributed by atoms with van der Waals surface area (Å²) < 4.78 is 0. The lowest BCUT2D eigenvalue weighted by Crippen LogP contribution is -2.11. The Morgan fingerprint density at radius 2 is 2.35 bits per heavy atom. The number of thiazole rings is 1. The van der Waals surface area contributed by atoms with Crippen LogP contribution in [0.2, 0.25) is 0 Å². The fourth-order valence-corrected chi connectivity index (χ4v) is 2.24. The molecule has 0 spiro atoms. The summed E-state index contributed by atoms with van der Waals surface area (Å²) in [4.78, 5) is 16.9. The minimum atomic E-state index is -0.182. The molecule has 0 bridgehead atoms. The highest BCUT2D eigenvalue weighted by Crippen LogP contribution is 2.18. The number of hydrogen-bond acceptors (Lipinski definition) is 4. The number of aliphatic hydroxyl groups excluding tert-OH is 1. The SMILES string of the molecule is Cc1cccc(C(=O)Nc2ncc(C#CCCO)s2)c1. The second-order valence-corrected chi connectivity index (χ2v) is 5.16. The first-order valence-electron chi connectivity index (χ1n) is 6.12. The summed E-state index contributed by atoms with van der Waals surface area (Å²) in [5.41, 5.74) is 1.64. The van der Waals surface area contributed by atoms with Crippen LogP contribution < -0.4 is 5.32 Å². The summed E-state index contributed by atoms with van der Waals surface area (Å²) in [6, 6.07) is 7.37. The number of nitrogens with one attached hydrogen (secondary N) is 1. The highest BCUT2D eigenvalue weighted by Gasteiger charge is 2.08. The number of anilines is 1. The maximum atomic E-state index is 12.0. The van der Waals surface area contributed by atoms with Crippen molar-refractivity contribution in [3.63, 3.8) is 0 Å². The number of rotatable bonds is 3. The molecular formula is C15H14N2O2S. The molecule has 1 aromatic heterocycles. The zero-order chi connectivity index (χ0) is 14.4. The summed E-state index contributed by atoms with van der Waals surface area (Å²) in [6.45, 7) is 1.98. The smallest absolute Gasteiger partial charge is 0.257 e. The van der Waals surface area contributed by atoms with Gasteiger partial charge in [-0.1, -0.05) is 40.9 Å². The normalized spacial score (nSPS) is 9.70. The summed E-state index contributed by atoms with van der Waals surface area (Å²) in [6.07, 6.45) is 2.05. The molecule has 4 nitrogen and oxygen atoms in total. The molecule has 0 saturated carbocycles. The predicted octanol–water partition coefficient (Wildman–Crippen LogP) is 2.44. The molecule has 1 amide bonds. The lowest BCUT2D eigenvalue weighted by Gasteiger charge is -2.02. The van der Waals surface area contributed by atoms with Gasteiger partial charge >= 0.3 is 0 Å². The van der Waals surface area contributed by atoms with Crippen LogP contribution >= 0.6 is 11.3 Å². The van der Waals surface area contributed by atoms with Gasteiger partial charge in [0.05, 0.1) is 17.7 Å². The molecule has 0 unspecified atom stereocenters. The first-order chi connectivity index (χ1) is 9.69. The molecule has 0 fully saturated rings. The summed E-state index contributed by atoms with van der Waals surface area (Å²) >= 11 is 1.31. The lowest BCUT2D eigenvalue weighted by molar-refractivity contribution is 0.102. The third kappa shape index (κ3) is 3.92. The zero-order valence-corrected chi connectivity index (χ0v) is 11.8. The fourth-order valence-electron chi connectivity index (χ4n) is 1.55. The molecule has 0 saturated heterocycles. The van der Waals surface area contributed by atoms with Crippen LogP contribution in [0.25, 0.3) is 0 Å². The molecular weight excluding hydrogens is 272 g/mol. The van der Waals surface area contributed by atoms with E-state index in [1.807, 2.05) is 25.1 Å². The number of carbonyl (C=O) groups excluding carboxylic acids is 1. The molecule has 102 valence electrons. The molecule has 0 aliphatic rings. The highest BCUT2D eigenvalue weighted by molar-refractivity contribution is 7.16. The van der Waals surface area contributed by atoms with Crippen LogP contribution in [0.3, 0.4) is 0 Å². The Morgan fingerprint density at radius 3 is 3.10 bits per heavy atom. The first kappa shape index (κ1) is 14.3. The van der Waals surface area contributed by atoms with Crippen molar-refractivity contribution in [1.82, 2.24) is 4.98 Å². The van der Waals surface area contributed by atoms with Gasteiger partial charge in [0.25, 0.3) is 5.91 Å². The molecule has 5 heteroatoms. The molecule has 20 heavy (non-hydrogen) atoms. The van der Waals surface area contributed by atoms with Gasteiger partial charge in [-0.25, -0.2) is 4.98 Å². The standard InChI is InChI=1S/C15H14N2O2S/c1-11-5-4-6-12(9-11)14(19)17-15-16-10-13(20-15)7-2-3-8-18/h4-6,9-10,18H,3,8H2,1H3,(H,16,17,19). The maximum Gasteiger partial charge on any atom is 0.257 e. The van der Waals surface area contributed by atoms with E-state index in [0.29, 0.717) is 17.1 Å². The van der Waals surface area contributed by atoms with Crippen molar-refractivity contribution in [3.8, 4) is 11.8 Å². The van der Waals surface area contributed by atoms with Crippen molar-refractivity contribution >= 4 is 22.4 Å². The van der Waals surface area contributed by atoms with Crippen LogP contribution in [0.4, 0.5) is 5.13 Å². The van der Waals surface area contributed by atoms with Gasteiger partial charge in [-0.3, -0.25) is 10.1 Å². The fraction of sp³-hybridized carbons (Fsp3) is 0.200. The largest absolute Gasteiger partial charge is 0.395 e. The second kappa shape index (κ2) is 6.85. The van der Waals surface area contributed by atoms with Crippen LogP contribution in [0.5, 0.6) is 0 Å².